The molecule has 0 aliphatic carbocycles. The lowest BCUT2D eigenvalue weighted by atomic mass is 9.88. The highest BCUT2D eigenvalue weighted by molar-refractivity contribution is 6.10. The lowest BCUT2D eigenvalue weighted by molar-refractivity contribution is -0.134. The molecule has 1 saturated heterocycles. The highest BCUT2D eigenvalue weighted by atomic mass is 16.5. The number of amides is 4. The Bertz CT molecular complexity index is 890. The summed E-state index contributed by atoms with van der Waals surface area (Å²) < 4.78 is 5.72. The van der Waals surface area contributed by atoms with Crippen LogP contribution in [0.5, 0.6) is 11.5 Å². The molecule has 2 N–H and O–H groups in total. The van der Waals surface area contributed by atoms with E-state index in [1.807, 2.05) is 44.2 Å². The van der Waals surface area contributed by atoms with Gasteiger partial charge in [0.25, 0.3) is 5.91 Å². The molecule has 30 heavy (non-hydrogen) atoms. The Balaban J connectivity index is 1.60. The molecule has 2 aromatic rings. The molecule has 7 nitrogen and oxygen atoms in total. The Morgan fingerprint density at radius 3 is 2.17 bits per heavy atom. The quantitative estimate of drug-likeness (QED) is 0.604. The summed E-state index contributed by atoms with van der Waals surface area (Å²) in [7, 11) is 0. The van der Waals surface area contributed by atoms with Crippen molar-refractivity contribution in [1.82, 2.24) is 10.2 Å². The van der Waals surface area contributed by atoms with E-state index in [1.165, 1.54) is 0 Å². The minimum absolute atomic E-state index is 0.317. The van der Waals surface area contributed by atoms with Crippen LogP contribution in [0.1, 0.15) is 39.5 Å². The third-order valence-corrected chi connectivity index (χ3v) is 5.02. The SMILES string of the molecule is CCCC1(CCC)NC(=O)N(CC(=O)Nc2ccc(Oc3ccccc3)cc2)C1=O. The van der Waals surface area contributed by atoms with Crippen LogP contribution in [0, 0.1) is 0 Å². The summed E-state index contributed by atoms with van der Waals surface area (Å²) in [5.74, 6) is 0.602. The van der Waals surface area contributed by atoms with Gasteiger partial charge in [-0.2, -0.15) is 0 Å². The number of ether oxygens (including phenoxy) is 1. The Hall–Kier alpha value is -3.35. The van der Waals surface area contributed by atoms with Crippen LogP contribution >= 0.6 is 0 Å². The summed E-state index contributed by atoms with van der Waals surface area (Å²) in [4.78, 5) is 38.7. The predicted molar refractivity (Wildman–Crippen MR) is 114 cm³/mol. The Morgan fingerprint density at radius 2 is 1.57 bits per heavy atom. The normalized spacial score (nSPS) is 15.1. The van der Waals surface area contributed by atoms with E-state index in [2.05, 4.69) is 10.6 Å². The maximum atomic E-state index is 12.9. The van der Waals surface area contributed by atoms with Gasteiger partial charge in [0.1, 0.15) is 23.6 Å². The molecular formula is C23H27N3O4. The fraction of sp³-hybridized carbons (Fsp3) is 0.348. The number of carbonyl (C=O) groups excluding carboxylic acids is 3. The number of nitrogens with zero attached hydrogens (tertiary/aromatic N) is 1. The van der Waals surface area contributed by atoms with Gasteiger partial charge in [0.05, 0.1) is 0 Å². The second-order valence-electron chi connectivity index (χ2n) is 7.39. The van der Waals surface area contributed by atoms with Crippen LogP contribution in [-0.2, 0) is 9.59 Å². The standard InChI is InChI=1S/C23H27N3O4/c1-3-14-23(15-4-2)21(28)26(22(29)25-23)16-20(27)24-17-10-12-19(13-11-17)30-18-8-6-5-7-9-18/h5-13H,3-4,14-16H2,1-2H3,(H,24,27)(H,25,29). The van der Waals surface area contributed by atoms with Crippen LogP contribution in [-0.4, -0.2) is 34.8 Å². The van der Waals surface area contributed by atoms with Crippen LogP contribution in [0.15, 0.2) is 54.6 Å². The molecule has 0 spiro atoms. The molecule has 0 unspecified atom stereocenters. The second kappa shape index (κ2) is 9.43. The average molecular weight is 409 g/mol. The molecule has 7 heteroatoms. The minimum Gasteiger partial charge on any atom is -0.457 e. The molecule has 1 aliphatic heterocycles. The predicted octanol–water partition coefficient (Wildman–Crippen LogP) is 4.31. The molecule has 2 aromatic carbocycles. The minimum atomic E-state index is -0.892. The molecule has 158 valence electrons. The van der Waals surface area contributed by atoms with Crippen LogP contribution in [0.4, 0.5) is 10.5 Å². The molecule has 0 bridgehead atoms. The number of hydrogen-bond acceptors (Lipinski definition) is 4. The molecule has 0 atom stereocenters. The first-order valence-corrected chi connectivity index (χ1v) is 10.2. The second-order valence-corrected chi connectivity index (χ2v) is 7.39. The molecule has 0 saturated carbocycles. The average Bonchev–Trinajstić information content (AvgIpc) is 2.95. The zero-order valence-corrected chi connectivity index (χ0v) is 17.3. The molecule has 4 amide bonds. The van der Waals surface area contributed by atoms with E-state index in [1.54, 1.807) is 24.3 Å². The Labute approximate surface area is 176 Å². The summed E-state index contributed by atoms with van der Waals surface area (Å²) in [6.45, 7) is 3.62. The molecule has 1 aliphatic rings. The Morgan fingerprint density at radius 1 is 0.967 bits per heavy atom. The van der Waals surface area contributed by atoms with Crippen molar-refractivity contribution in [3.05, 3.63) is 54.6 Å². The summed E-state index contributed by atoms with van der Waals surface area (Å²) in [5, 5.41) is 5.53. The van der Waals surface area contributed by atoms with E-state index < -0.39 is 17.5 Å². The van der Waals surface area contributed by atoms with Gasteiger partial charge in [0.15, 0.2) is 0 Å². The maximum Gasteiger partial charge on any atom is 0.325 e. The number of rotatable bonds is 9. The highest BCUT2D eigenvalue weighted by Crippen LogP contribution is 2.28. The monoisotopic (exact) mass is 409 g/mol. The van der Waals surface area contributed by atoms with Gasteiger partial charge in [-0.05, 0) is 49.2 Å². The van der Waals surface area contributed by atoms with E-state index in [-0.39, 0.29) is 12.5 Å². The van der Waals surface area contributed by atoms with Gasteiger partial charge in [-0.25, -0.2) is 4.79 Å². The van der Waals surface area contributed by atoms with Gasteiger partial charge in [-0.15, -0.1) is 0 Å². The number of carbonyl (C=O) groups is 3. The van der Waals surface area contributed by atoms with E-state index in [9.17, 15) is 14.4 Å². The van der Waals surface area contributed by atoms with Crippen molar-refractivity contribution in [2.45, 2.75) is 45.1 Å². The van der Waals surface area contributed by atoms with Crippen molar-refractivity contribution in [3.8, 4) is 11.5 Å². The lowest BCUT2D eigenvalue weighted by Crippen LogP contribution is -2.47. The van der Waals surface area contributed by atoms with Gasteiger partial charge >= 0.3 is 6.03 Å². The Kier molecular flexibility index (Phi) is 6.72. The first-order chi connectivity index (χ1) is 14.5. The van der Waals surface area contributed by atoms with E-state index in [0.29, 0.717) is 24.3 Å². The van der Waals surface area contributed by atoms with Crippen LogP contribution < -0.4 is 15.4 Å². The topological polar surface area (TPSA) is 87.7 Å². The molecule has 0 radical (unpaired) electrons. The first kappa shape index (κ1) is 21.4. The van der Waals surface area contributed by atoms with Gasteiger partial charge < -0.3 is 15.4 Å². The molecule has 1 fully saturated rings. The summed E-state index contributed by atoms with van der Waals surface area (Å²) >= 11 is 0. The summed E-state index contributed by atoms with van der Waals surface area (Å²) in [6.07, 6.45) is 2.66. The van der Waals surface area contributed by atoms with Gasteiger partial charge in [-0.1, -0.05) is 44.9 Å². The first-order valence-electron chi connectivity index (χ1n) is 10.2. The van der Waals surface area contributed by atoms with Crippen LogP contribution in [0.2, 0.25) is 0 Å². The number of imide groups is 1. The lowest BCUT2D eigenvalue weighted by Gasteiger charge is -2.25. The zero-order valence-electron chi connectivity index (χ0n) is 17.3. The molecular weight excluding hydrogens is 382 g/mol. The van der Waals surface area contributed by atoms with Crippen molar-refractivity contribution in [2.75, 3.05) is 11.9 Å². The van der Waals surface area contributed by atoms with Crippen molar-refractivity contribution in [2.24, 2.45) is 0 Å². The number of para-hydroxylation sites is 1. The van der Waals surface area contributed by atoms with Gasteiger partial charge in [-0.3, -0.25) is 14.5 Å². The fourth-order valence-electron chi connectivity index (χ4n) is 3.71. The number of urea groups is 1. The number of hydrogen-bond donors (Lipinski definition) is 2. The van der Waals surface area contributed by atoms with Crippen LogP contribution in [0.3, 0.4) is 0 Å². The van der Waals surface area contributed by atoms with E-state index >= 15 is 0 Å². The highest BCUT2D eigenvalue weighted by Gasteiger charge is 2.50. The van der Waals surface area contributed by atoms with Crippen molar-refractivity contribution >= 4 is 23.5 Å². The smallest absolute Gasteiger partial charge is 0.325 e. The largest absolute Gasteiger partial charge is 0.457 e. The number of anilines is 1. The van der Waals surface area contributed by atoms with Crippen molar-refractivity contribution < 1.29 is 19.1 Å². The van der Waals surface area contributed by atoms with E-state index in [4.69, 9.17) is 4.74 Å². The molecule has 3 rings (SSSR count). The number of nitrogens with one attached hydrogen (secondary N) is 2. The maximum absolute atomic E-state index is 12.9. The van der Waals surface area contributed by atoms with E-state index in [0.717, 1.165) is 23.5 Å². The summed E-state index contributed by atoms with van der Waals surface area (Å²) in [5.41, 5.74) is -0.335. The fourth-order valence-corrected chi connectivity index (χ4v) is 3.71. The number of benzene rings is 2. The summed E-state index contributed by atoms with van der Waals surface area (Å²) in [6, 6.07) is 15.8. The van der Waals surface area contributed by atoms with Gasteiger partial charge in [0.2, 0.25) is 5.91 Å². The molecule has 0 aromatic heterocycles. The van der Waals surface area contributed by atoms with Gasteiger partial charge in [0, 0.05) is 5.69 Å². The van der Waals surface area contributed by atoms with Crippen molar-refractivity contribution in [1.29, 1.82) is 0 Å². The third kappa shape index (κ3) is 4.79. The molecule has 1 heterocycles. The van der Waals surface area contributed by atoms with Crippen molar-refractivity contribution in [3.63, 3.8) is 0 Å². The zero-order chi connectivity index (χ0) is 21.6. The third-order valence-electron chi connectivity index (χ3n) is 5.02. The van der Waals surface area contributed by atoms with Crippen LogP contribution in [0.25, 0.3) is 0 Å².